The Hall–Kier alpha value is -2.74. The average Bonchev–Trinajstić information content (AvgIpc) is 2.65. The smallest absolute Gasteiger partial charge is 0.0884 e. The highest BCUT2D eigenvalue weighted by Crippen LogP contribution is 2.30. The molecule has 0 aliphatic heterocycles. The number of hydrogen-bond acceptors (Lipinski definition) is 2. The van der Waals surface area contributed by atoms with Gasteiger partial charge in [-0.15, -0.1) is 0 Å². The minimum absolute atomic E-state index is 0.991. The number of benzene rings is 2. The predicted octanol–water partition coefficient (Wildman–Crippen LogP) is 6.13. The van der Waals surface area contributed by atoms with Crippen molar-refractivity contribution >= 4 is 11.4 Å². The SMILES string of the molecule is Cc1cc(C)c(N=C2CCCc3ccc(-c4ccccc4)nc32)c(C)c1. The first-order valence-electron chi connectivity index (χ1n) is 9.33. The van der Waals surface area contributed by atoms with Crippen LogP contribution in [0.3, 0.4) is 0 Å². The molecule has 0 radical (unpaired) electrons. The highest BCUT2D eigenvalue weighted by molar-refractivity contribution is 6.03. The molecule has 0 fully saturated rings. The summed E-state index contributed by atoms with van der Waals surface area (Å²) >= 11 is 0. The van der Waals surface area contributed by atoms with Gasteiger partial charge in [-0.25, -0.2) is 4.98 Å². The molecule has 130 valence electrons. The van der Waals surface area contributed by atoms with Crippen LogP contribution < -0.4 is 0 Å². The zero-order valence-electron chi connectivity index (χ0n) is 15.7. The summed E-state index contributed by atoms with van der Waals surface area (Å²) in [6, 6.07) is 19.2. The van der Waals surface area contributed by atoms with E-state index >= 15 is 0 Å². The number of fused-ring (bicyclic) bond motifs is 1. The summed E-state index contributed by atoms with van der Waals surface area (Å²) in [5, 5.41) is 0. The standard InChI is InChI=1S/C24H24N2/c1-16-14-17(2)23(18(3)15-16)26-22-11-7-10-20-12-13-21(25-24(20)22)19-8-5-4-6-9-19/h4-6,8-9,12-15H,7,10-11H2,1-3H3. The monoisotopic (exact) mass is 340 g/mol. The van der Waals surface area contributed by atoms with Crippen LogP contribution in [0, 0.1) is 20.8 Å². The van der Waals surface area contributed by atoms with Gasteiger partial charge in [0.25, 0.3) is 0 Å². The van der Waals surface area contributed by atoms with E-state index in [0.717, 1.165) is 47.6 Å². The summed E-state index contributed by atoms with van der Waals surface area (Å²) in [6.45, 7) is 6.44. The highest BCUT2D eigenvalue weighted by atomic mass is 14.8. The van der Waals surface area contributed by atoms with Crippen LogP contribution in [0.25, 0.3) is 11.3 Å². The van der Waals surface area contributed by atoms with Crippen LogP contribution in [0.15, 0.2) is 59.6 Å². The topological polar surface area (TPSA) is 25.2 Å². The minimum Gasteiger partial charge on any atom is -0.251 e. The van der Waals surface area contributed by atoms with Gasteiger partial charge in [0.1, 0.15) is 0 Å². The van der Waals surface area contributed by atoms with Crippen LogP contribution in [-0.4, -0.2) is 10.7 Å². The molecule has 1 aromatic heterocycles. The molecule has 26 heavy (non-hydrogen) atoms. The average molecular weight is 340 g/mol. The molecule has 0 spiro atoms. The fourth-order valence-electron chi connectivity index (χ4n) is 3.87. The van der Waals surface area contributed by atoms with Gasteiger partial charge in [0.05, 0.1) is 22.8 Å². The third kappa shape index (κ3) is 3.20. The van der Waals surface area contributed by atoms with Crippen LogP contribution in [-0.2, 0) is 6.42 Å². The summed E-state index contributed by atoms with van der Waals surface area (Å²) in [7, 11) is 0. The fourth-order valence-corrected chi connectivity index (χ4v) is 3.87. The van der Waals surface area contributed by atoms with E-state index in [0.29, 0.717) is 0 Å². The van der Waals surface area contributed by atoms with Gasteiger partial charge in [-0.1, -0.05) is 54.1 Å². The van der Waals surface area contributed by atoms with Gasteiger partial charge in [-0.3, -0.25) is 4.99 Å². The van der Waals surface area contributed by atoms with Gasteiger partial charge in [0.15, 0.2) is 0 Å². The fraction of sp³-hybridized carbons (Fsp3) is 0.250. The second-order valence-electron chi connectivity index (χ2n) is 7.23. The summed E-state index contributed by atoms with van der Waals surface area (Å²) in [5.74, 6) is 0. The number of aryl methyl sites for hydroxylation is 4. The number of pyridine rings is 1. The quantitative estimate of drug-likeness (QED) is 0.551. The lowest BCUT2D eigenvalue weighted by Crippen LogP contribution is -2.14. The molecule has 2 heteroatoms. The lowest BCUT2D eigenvalue weighted by molar-refractivity contribution is 0.827. The maximum Gasteiger partial charge on any atom is 0.0884 e. The number of aliphatic imine (C=N–C) groups is 1. The lowest BCUT2D eigenvalue weighted by Gasteiger charge is -2.19. The van der Waals surface area contributed by atoms with E-state index in [9.17, 15) is 0 Å². The Bertz CT molecular complexity index is 961. The number of rotatable bonds is 2. The molecule has 0 N–H and O–H groups in total. The van der Waals surface area contributed by atoms with Crippen molar-refractivity contribution in [2.45, 2.75) is 40.0 Å². The summed E-state index contributed by atoms with van der Waals surface area (Å²) in [4.78, 5) is 10.1. The largest absolute Gasteiger partial charge is 0.251 e. The molecule has 0 bridgehead atoms. The van der Waals surface area contributed by atoms with E-state index < -0.39 is 0 Å². The molecule has 1 heterocycles. The van der Waals surface area contributed by atoms with Crippen molar-refractivity contribution < 1.29 is 0 Å². The molecule has 0 saturated carbocycles. The van der Waals surface area contributed by atoms with Crippen LogP contribution in [0.5, 0.6) is 0 Å². The zero-order chi connectivity index (χ0) is 18.1. The predicted molar refractivity (Wildman–Crippen MR) is 109 cm³/mol. The van der Waals surface area contributed by atoms with E-state index in [1.165, 1.54) is 22.3 Å². The zero-order valence-corrected chi connectivity index (χ0v) is 15.7. The van der Waals surface area contributed by atoms with E-state index in [1.807, 2.05) is 6.07 Å². The number of aromatic nitrogens is 1. The second kappa shape index (κ2) is 6.87. The first-order chi connectivity index (χ1) is 12.6. The van der Waals surface area contributed by atoms with Crippen LogP contribution >= 0.6 is 0 Å². The Morgan fingerprint density at radius 2 is 1.58 bits per heavy atom. The van der Waals surface area contributed by atoms with E-state index in [-0.39, 0.29) is 0 Å². The first kappa shape index (κ1) is 16.7. The molecule has 1 aliphatic rings. The molecule has 2 nitrogen and oxygen atoms in total. The van der Waals surface area contributed by atoms with Gasteiger partial charge in [0.2, 0.25) is 0 Å². The highest BCUT2D eigenvalue weighted by Gasteiger charge is 2.19. The number of nitrogens with zero attached hydrogens (tertiary/aromatic N) is 2. The van der Waals surface area contributed by atoms with Gasteiger partial charge in [0, 0.05) is 5.56 Å². The van der Waals surface area contributed by atoms with Crippen molar-refractivity contribution in [3.63, 3.8) is 0 Å². The molecule has 4 rings (SSSR count). The molecule has 2 aromatic carbocycles. The maximum atomic E-state index is 5.09. The van der Waals surface area contributed by atoms with Gasteiger partial charge >= 0.3 is 0 Å². The van der Waals surface area contributed by atoms with E-state index in [1.54, 1.807) is 0 Å². The minimum atomic E-state index is 0.991. The molecule has 0 atom stereocenters. The third-order valence-corrected chi connectivity index (χ3v) is 5.06. The third-order valence-electron chi connectivity index (χ3n) is 5.06. The Morgan fingerprint density at radius 3 is 2.31 bits per heavy atom. The Balaban J connectivity index is 1.82. The molecule has 0 amide bonds. The van der Waals surface area contributed by atoms with E-state index in [4.69, 9.17) is 9.98 Å². The van der Waals surface area contributed by atoms with Gasteiger partial charge < -0.3 is 0 Å². The second-order valence-corrected chi connectivity index (χ2v) is 7.23. The first-order valence-corrected chi connectivity index (χ1v) is 9.33. The molecule has 0 saturated heterocycles. The van der Waals surface area contributed by atoms with Crippen LogP contribution in [0.4, 0.5) is 5.69 Å². The Morgan fingerprint density at radius 1 is 0.846 bits per heavy atom. The van der Waals surface area contributed by atoms with E-state index in [2.05, 4.69) is 69.3 Å². The van der Waals surface area contributed by atoms with Crippen molar-refractivity contribution in [1.82, 2.24) is 4.98 Å². The summed E-state index contributed by atoms with van der Waals surface area (Å²) in [6.07, 6.45) is 3.22. The van der Waals surface area contributed by atoms with Crippen molar-refractivity contribution in [3.05, 3.63) is 82.5 Å². The summed E-state index contributed by atoms with van der Waals surface area (Å²) in [5.41, 5.74) is 10.6. The normalized spacial score (nSPS) is 15.1. The van der Waals surface area contributed by atoms with Crippen molar-refractivity contribution in [3.8, 4) is 11.3 Å². The maximum absolute atomic E-state index is 5.09. The number of hydrogen-bond donors (Lipinski definition) is 0. The molecule has 3 aromatic rings. The van der Waals surface area contributed by atoms with Crippen LogP contribution in [0.2, 0.25) is 0 Å². The van der Waals surface area contributed by atoms with Gasteiger partial charge in [-0.2, -0.15) is 0 Å². The van der Waals surface area contributed by atoms with Gasteiger partial charge in [-0.05, 0) is 62.8 Å². The lowest BCUT2D eigenvalue weighted by atomic mass is 9.93. The van der Waals surface area contributed by atoms with Crippen molar-refractivity contribution in [1.29, 1.82) is 0 Å². The summed E-state index contributed by atoms with van der Waals surface area (Å²) < 4.78 is 0. The molecule has 0 unspecified atom stereocenters. The van der Waals surface area contributed by atoms with Crippen molar-refractivity contribution in [2.24, 2.45) is 4.99 Å². The molecule has 1 aliphatic carbocycles. The Labute approximate surface area is 155 Å². The Kier molecular flexibility index (Phi) is 4.42. The van der Waals surface area contributed by atoms with Crippen molar-refractivity contribution in [2.75, 3.05) is 0 Å². The molecular formula is C24H24N2. The van der Waals surface area contributed by atoms with Crippen LogP contribution in [0.1, 0.15) is 40.8 Å². The molecular weight excluding hydrogens is 316 g/mol.